The highest BCUT2D eigenvalue weighted by atomic mass is 35.5. The quantitative estimate of drug-likeness (QED) is 0.196. The molecule has 0 spiro atoms. The first-order chi connectivity index (χ1) is 17.9. The highest BCUT2D eigenvalue weighted by Crippen LogP contribution is 2.48. The van der Waals surface area contributed by atoms with Crippen molar-refractivity contribution in [2.45, 2.75) is 63.5 Å². The number of aromatic nitrogens is 2. The largest absolute Gasteiger partial charge is 0.465 e. The minimum absolute atomic E-state index is 0.0374. The van der Waals surface area contributed by atoms with Crippen molar-refractivity contribution < 1.29 is 33.0 Å². The van der Waals surface area contributed by atoms with Gasteiger partial charge in [0.15, 0.2) is 6.23 Å². The van der Waals surface area contributed by atoms with Crippen molar-refractivity contribution in [1.82, 2.24) is 14.6 Å². The lowest BCUT2D eigenvalue weighted by Crippen LogP contribution is -2.43. The maximum atomic E-state index is 13.9. The molecule has 1 aromatic heterocycles. The topological polar surface area (TPSA) is 158 Å². The van der Waals surface area contributed by atoms with Crippen molar-refractivity contribution >= 4 is 25.3 Å². The molecule has 14 heteroatoms. The van der Waals surface area contributed by atoms with Crippen LogP contribution < -0.4 is 20.9 Å². The Hall–Kier alpha value is -2.47. The van der Waals surface area contributed by atoms with E-state index >= 15 is 0 Å². The van der Waals surface area contributed by atoms with E-state index in [1.54, 1.807) is 37.3 Å². The lowest BCUT2D eigenvalue weighted by molar-refractivity contribution is -0.145. The van der Waals surface area contributed by atoms with Gasteiger partial charge >= 0.3 is 19.4 Å². The maximum absolute atomic E-state index is 13.9. The van der Waals surface area contributed by atoms with Crippen molar-refractivity contribution in [2.75, 3.05) is 13.2 Å². The number of benzene rings is 1. The zero-order chi connectivity index (χ0) is 28.1. The number of para-hydroxylation sites is 1. The van der Waals surface area contributed by atoms with Gasteiger partial charge < -0.3 is 19.1 Å². The van der Waals surface area contributed by atoms with Gasteiger partial charge in [-0.3, -0.25) is 23.7 Å². The Labute approximate surface area is 224 Å². The van der Waals surface area contributed by atoms with E-state index in [1.807, 2.05) is 13.8 Å². The summed E-state index contributed by atoms with van der Waals surface area (Å²) in [5.74, 6) is -0.372. The van der Waals surface area contributed by atoms with E-state index in [0.717, 1.165) is 10.6 Å². The Morgan fingerprint density at radius 3 is 2.58 bits per heavy atom. The summed E-state index contributed by atoms with van der Waals surface area (Å²) in [6.45, 7) is 6.54. The van der Waals surface area contributed by atoms with E-state index in [1.165, 1.54) is 13.1 Å². The summed E-state index contributed by atoms with van der Waals surface area (Å²) in [6, 6.07) is 8.32. The molecule has 38 heavy (non-hydrogen) atoms. The maximum Gasteiger partial charge on any atom is 0.459 e. The molecule has 1 saturated heterocycles. The molecule has 1 aromatic carbocycles. The molecule has 0 aliphatic carbocycles. The number of carbonyl (C=O) groups excluding carboxylic acids is 1. The molecule has 210 valence electrons. The molecular formula is C24H33ClN3O9P. The number of H-pyrrole nitrogens is 1. The standard InChI is InChI=1S/C24H33ClN3O9P/c1-5-34-21(31)17(13-15(2)3)27-38(33,37-16-9-7-6-8-10-16)35-14-18-20(30)24(4,25)22(36-18)28-12-11-19(29)26-23(28)32/h6-12,15,17-18,20,22,30H,5,13-14H2,1-4H3,(H,27,33)(H,26,29,32)/t17-,18+,20+,22+,24+,38-/m0/s1. The summed E-state index contributed by atoms with van der Waals surface area (Å²) in [7, 11) is -4.26. The molecule has 0 amide bonds. The first kappa shape index (κ1) is 30.1. The van der Waals surface area contributed by atoms with Crippen LogP contribution in [0.3, 0.4) is 0 Å². The van der Waals surface area contributed by atoms with Gasteiger partial charge in [-0.2, -0.15) is 5.09 Å². The van der Waals surface area contributed by atoms with Gasteiger partial charge in [-0.1, -0.05) is 32.0 Å². The number of nitrogens with zero attached hydrogens (tertiary/aromatic N) is 1. The second-order valence-corrected chi connectivity index (χ2v) is 11.9. The molecule has 2 heterocycles. The molecule has 0 radical (unpaired) electrons. The van der Waals surface area contributed by atoms with Gasteiger partial charge in [-0.25, -0.2) is 9.36 Å². The van der Waals surface area contributed by atoms with E-state index in [9.17, 15) is 24.1 Å². The number of halogens is 1. The molecular weight excluding hydrogens is 541 g/mol. The van der Waals surface area contributed by atoms with Gasteiger partial charge in [0.2, 0.25) is 0 Å². The molecule has 3 rings (SSSR count). The van der Waals surface area contributed by atoms with Crippen LogP contribution in [0.5, 0.6) is 5.75 Å². The minimum atomic E-state index is -4.26. The fourth-order valence-corrected chi connectivity index (χ4v) is 5.76. The summed E-state index contributed by atoms with van der Waals surface area (Å²) < 4.78 is 37.3. The molecule has 1 fully saturated rings. The van der Waals surface area contributed by atoms with Gasteiger partial charge in [-0.15, -0.1) is 11.6 Å². The Morgan fingerprint density at radius 2 is 1.97 bits per heavy atom. The van der Waals surface area contributed by atoms with E-state index in [2.05, 4.69) is 10.1 Å². The van der Waals surface area contributed by atoms with Crippen LogP contribution in [0.2, 0.25) is 0 Å². The molecule has 0 bridgehead atoms. The number of carbonyl (C=O) groups is 1. The van der Waals surface area contributed by atoms with Crippen molar-refractivity contribution in [3.8, 4) is 5.75 Å². The monoisotopic (exact) mass is 573 g/mol. The van der Waals surface area contributed by atoms with Crippen LogP contribution >= 0.6 is 19.3 Å². The molecule has 1 aliphatic rings. The van der Waals surface area contributed by atoms with E-state index in [4.69, 9.17) is 30.1 Å². The van der Waals surface area contributed by atoms with Crippen LogP contribution in [0.1, 0.15) is 40.3 Å². The van der Waals surface area contributed by atoms with Crippen LogP contribution in [0, 0.1) is 5.92 Å². The Balaban J connectivity index is 1.85. The average Bonchev–Trinajstić information content (AvgIpc) is 3.06. The molecule has 0 unspecified atom stereocenters. The number of esters is 1. The number of aliphatic hydroxyl groups is 1. The van der Waals surface area contributed by atoms with Crippen molar-refractivity contribution in [3.63, 3.8) is 0 Å². The third kappa shape index (κ3) is 7.34. The molecule has 12 nitrogen and oxygen atoms in total. The van der Waals surface area contributed by atoms with Crippen LogP contribution in [0.4, 0.5) is 0 Å². The van der Waals surface area contributed by atoms with E-state index in [-0.39, 0.29) is 24.7 Å². The SMILES string of the molecule is CCOC(=O)[C@H](CC(C)C)N[P@](=O)(OC[C@H]1O[C@@H](n2ccc(=O)[nH]c2=O)[C@](C)(Cl)[C@@H]1O)Oc1ccccc1. The smallest absolute Gasteiger partial charge is 0.459 e. The predicted molar refractivity (Wildman–Crippen MR) is 139 cm³/mol. The Morgan fingerprint density at radius 1 is 1.29 bits per heavy atom. The molecule has 6 atom stereocenters. The van der Waals surface area contributed by atoms with Gasteiger partial charge in [0.1, 0.15) is 28.9 Å². The predicted octanol–water partition coefficient (Wildman–Crippen LogP) is 2.56. The Bertz CT molecular complexity index is 1250. The summed E-state index contributed by atoms with van der Waals surface area (Å²) in [5, 5.41) is 13.6. The van der Waals surface area contributed by atoms with Crippen molar-refractivity contribution in [3.05, 3.63) is 63.4 Å². The Kier molecular flexibility index (Phi) is 9.96. The van der Waals surface area contributed by atoms with Crippen LogP contribution in [-0.2, 0) is 23.4 Å². The molecule has 0 saturated carbocycles. The third-order valence-corrected chi connectivity index (χ3v) is 7.77. The summed E-state index contributed by atoms with van der Waals surface area (Å²) >= 11 is 6.56. The molecule has 2 aromatic rings. The van der Waals surface area contributed by atoms with E-state index in [0.29, 0.717) is 0 Å². The van der Waals surface area contributed by atoms with Gasteiger partial charge in [0.05, 0.1) is 13.2 Å². The second-order valence-electron chi connectivity index (χ2n) is 9.40. The summed E-state index contributed by atoms with van der Waals surface area (Å²) in [6.07, 6.45) is -2.24. The lowest BCUT2D eigenvalue weighted by Gasteiger charge is -2.27. The number of aromatic amines is 1. The zero-order valence-electron chi connectivity index (χ0n) is 21.5. The van der Waals surface area contributed by atoms with Gasteiger partial charge in [0.25, 0.3) is 5.56 Å². The van der Waals surface area contributed by atoms with Crippen LogP contribution in [0.15, 0.2) is 52.2 Å². The molecule has 3 N–H and O–H groups in total. The first-order valence-corrected chi connectivity index (χ1v) is 14.1. The van der Waals surface area contributed by atoms with Gasteiger partial charge in [0, 0.05) is 12.3 Å². The zero-order valence-corrected chi connectivity index (χ0v) is 23.2. The minimum Gasteiger partial charge on any atom is -0.465 e. The number of hydrogen-bond acceptors (Lipinski definition) is 9. The second kappa shape index (κ2) is 12.6. The number of aliphatic hydroxyl groups excluding tert-OH is 1. The van der Waals surface area contributed by atoms with Crippen molar-refractivity contribution in [1.29, 1.82) is 0 Å². The average molecular weight is 574 g/mol. The number of hydrogen-bond donors (Lipinski definition) is 3. The first-order valence-electron chi connectivity index (χ1n) is 12.1. The number of rotatable bonds is 12. The number of ether oxygens (including phenoxy) is 2. The van der Waals surface area contributed by atoms with E-state index < -0.39 is 60.9 Å². The summed E-state index contributed by atoms with van der Waals surface area (Å²) in [4.78, 5) is 37.0. The normalized spacial score (nSPS) is 25.6. The van der Waals surface area contributed by atoms with Crippen molar-refractivity contribution in [2.24, 2.45) is 5.92 Å². The lowest BCUT2D eigenvalue weighted by atomic mass is 10.0. The van der Waals surface area contributed by atoms with Crippen LogP contribution in [0.25, 0.3) is 0 Å². The fourth-order valence-electron chi connectivity index (χ4n) is 3.95. The number of nitrogens with one attached hydrogen (secondary N) is 2. The van der Waals surface area contributed by atoms with Crippen LogP contribution in [-0.4, -0.2) is 57.0 Å². The number of alkyl halides is 1. The summed E-state index contributed by atoms with van der Waals surface area (Å²) in [5.41, 5.74) is -1.39. The fraction of sp³-hybridized carbons (Fsp3) is 0.542. The molecule has 1 aliphatic heterocycles. The highest BCUT2D eigenvalue weighted by Gasteiger charge is 2.54. The van der Waals surface area contributed by atoms with Gasteiger partial charge in [-0.05, 0) is 38.3 Å². The highest BCUT2D eigenvalue weighted by molar-refractivity contribution is 7.52. The third-order valence-electron chi connectivity index (χ3n) is 5.79.